The minimum Gasteiger partial charge on any atom is -0.352 e. The van der Waals surface area contributed by atoms with Crippen molar-refractivity contribution >= 4 is 11.6 Å². The zero-order valence-corrected chi connectivity index (χ0v) is 11.3. The van der Waals surface area contributed by atoms with Gasteiger partial charge < -0.3 is 5.32 Å². The number of halogens is 1. The van der Waals surface area contributed by atoms with Gasteiger partial charge in [-0.05, 0) is 24.8 Å². The zero-order valence-electron chi connectivity index (χ0n) is 11.3. The molecule has 0 aliphatic heterocycles. The average molecular weight is 280 g/mol. The molecular weight excluding hydrogens is 263 g/mol. The monoisotopic (exact) mass is 280 g/mol. The Labute approximate surface area is 116 Å². The summed E-state index contributed by atoms with van der Waals surface area (Å²) in [6.45, 7) is 1.89. The van der Waals surface area contributed by atoms with Crippen molar-refractivity contribution in [2.75, 3.05) is 6.54 Å². The lowest BCUT2D eigenvalue weighted by Gasteiger charge is -2.25. The molecule has 1 aliphatic carbocycles. The molecule has 0 spiro atoms. The number of nitrogens with zero attached hydrogens (tertiary/aromatic N) is 1. The van der Waals surface area contributed by atoms with Crippen molar-refractivity contribution in [3.63, 3.8) is 0 Å². The molecule has 0 atom stereocenters. The lowest BCUT2D eigenvalue weighted by molar-refractivity contribution is -0.385. The summed E-state index contributed by atoms with van der Waals surface area (Å²) in [4.78, 5) is 22.0. The van der Waals surface area contributed by atoms with Crippen LogP contribution in [0.2, 0.25) is 0 Å². The molecule has 0 heterocycles. The third kappa shape index (κ3) is 3.12. The van der Waals surface area contributed by atoms with Gasteiger partial charge in [0.1, 0.15) is 5.82 Å². The maximum atomic E-state index is 13.9. The predicted molar refractivity (Wildman–Crippen MR) is 72.1 cm³/mol. The Balaban J connectivity index is 2.05. The van der Waals surface area contributed by atoms with Crippen molar-refractivity contribution in [3.05, 3.63) is 39.2 Å². The minimum absolute atomic E-state index is 0.100. The molecule has 0 bridgehead atoms. The van der Waals surface area contributed by atoms with Gasteiger partial charge in [-0.1, -0.05) is 19.3 Å². The van der Waals surface area contributed by atoms with Gasteiger partial charge in [-0.25, -0.2) is 4.39 Å². The molecule has 1 aliphatic rings. The van der Waals surface area contributed by atoms with E-state index in [1.165, 1.54) is 26.2 Å². The highest BCUT2D eigenvalue weighted by atomic mass is 19.1. The number of rotatable bonds is 5. The molecule has 1 N–H and O–H groups in total. The van der Waals surface area contributed by atoms with Crippen LogP contribution in [0, 0.1) is 28.8 Å². The first-order valence-corrected chi connectivity index (χ1v) is 6.71. The minimum atomic E-state index is -0.697. The zero-order chi connectivity index (χ0) is 14.7. The number of carbonyl (C=O) groups excluding carboxylic acids is 1. The Morgan fingerprint density at radius 3 is 2.75 bits per heavy atom. The van der Waals surface area contributed by atoms with Gasteiger partial charge in [-0.2, -0.15) is 0 Å². The van der Waals surface area contributed by atoms with E-state index in [0.29, 0.717) is 12.5 Å². The van der Waals surface area contributed by atoms with E-state index < -0.39 is 16.6 Å². The van der Waals surface area contributed by atoms with Gasteiger partial charge in [0.2, 0.25) is 0 Å². The van der Waals surface area contributed by atoms with Crippen molar-refractivity contribution < 1.29 is 14.1 Å². The second-order valence-corrected chi connectivity index (χ2v) is 5.22. The number of hydrogen-bond acceptors (Lipinski definition) is 3. The average Bonchev–Trinajstić information content (AvgIpc) is 2.34. The fraction of sp³-hybridized carbons (Fsp3) is 0.500. The Morgan fingerprint density at radius 1 is 1.50 bits per heavy atom. The number of nitro groups is 1. The molecule has 1 amide bonds. The van der Waals surface area contributed by atoms with Crippen molar-refractivity contribution in [2.24, 2.45) is 5.92 Å². The van der Waals surface area contributed by atoms with Crippen LogP contribution in [-0.4, -0.2) is 17.4 Å². The van der Waals surface area contributed by atoms with Crippen LogP contribution in [0.3, 0.4) is 0 Å². The summed E-state index contributed by atoms with van der Waals surface area (Å²) in [5, 5.41) is 13.4. The Kier molecular flexibility index (Phi) is 4.32. The van der Waals surface area contributed by atoms with E-state index in [-0.39, 0.29) is 16.8 Å². The van der Waals surface area contributed by atoms with E-state index in [1.807, 2.05) is 0 Å². The first-order chi connectivity index (χ1) is 9.49. The lowest BCUT2D eigenvalue weighted by atomic mass is 9.83. The van der Waals surface area contributed by atoms with E-state index in [9.17, 15) is 19.3 Å². The lowest BCUT2D eigenvalue weighted by Crippen LogP contribution is -2.28. The van der Waals surface area contributed by atoms with Crippen LogP contribution in [0.4, 0.5) is 10.1 Å². The quantitative estimate of drug-likeness (QED) is 0.665. The van der Waals surface area contributed by atoms with E-state index in [2.05, 4.69) is 5.32 Å². The van der Waals surface area contributed by atoms with Crippen LogP contribution in [-0.2, 0) is 0 Å². The van der Waals surface area contributed by atoms with E-state index in [0.717, 1.165) is 18.6 Å². The van der Waals surface area contributed by atoms with Gasteiger partial charge in [-0.15, -0.1) is 0 Å². The fourth-order valence-electron chi connectivity index (χ4n) is 2.29. The first-order valence-electron chi connectivity index (χ1n) is 6.71. The molecule has 1 aromatic rings. The number of nitro benzene ring substituents is 1. The van der Waals surface area contributed by atoms with Crippen LogP contribution in [0.25, 0.3) is 0 Å². The number of nitrogens with one attached hydrogen (secondary N) is 1. The van der Waals surface area contributed by atoms with Crippen molar-refractivity contribution in [2.45, 2.75) is 32.6 Å². The van der Waals surface area contributed by atoms with Crippen LogP contribution in [0.15, 0.2) is 12.1 Å². The fourth-order valence-corrected chi connectivity index (χ4v) is 2.29. The highest BCUT2D eigenvalue weighted by molar-refractivity contribution is 5.95. The van der Waals surface area contributed by atoms with Crippen molar-refractivity contribution in [1.29, 1.82) is 0 Å². The highest BCUT2D eigenvalue weighted by Crippen LogP contribution is 2.28. The van der Waals surface area contributed by atoms with Crippen LogP contribution in [0.1, 0.15) is 41.6 Å². The molecule has 0 radical (unpaired) electrons. The molecule has 108 valence electrons. The molecule has 1 fully saturated rings. The first kappa shape index (κ1) is 14.4. The number of non-ortho nitro benzene ring substituents is 1. The molecule has 6 heteroatoms. The smallest absolute Gasteiger partial charge is 0.270 e. The number of aryl methyl sites for hydroxylation is 1. The van der Waals surface area contributed by atoms with Crippen LogP contribution >= 0.6 is 0 Å². The molecule has 1 saturated carbocycles. The summed E-state index contributed by atoms with van der Waals surface area (Å²) in [6.07, 6.45) is 4.47. The second kappa shape index (κ2) is 5.98. The maximum Gasteiger partial charge on any atom is 0.270 e. The number of benzene rings is 1. The SMILES string of the molecule is Cc1cc([N+](=O)[O-])cc(C(=O)NCCC2CCC2)c1F. The Hall–Kier alpha value is -1.98. The molecule has 2 rings (SSSR count). The number of amides is 1. The standard InChI is InChI=1S/C14H17FN2O3/c1-9-7-11(17(19)20)8-12(13(9)15)14(18)16-6-5-10-3-2-4-10/h7-8,10H,2-6H2,1H3,(H,16,18). The molecule has 0 unspecified atom stereocenters. The normalized spacial score (nSPS) is 14.7. The molecule has 0 aromatic heterocycles. The highest BCUT2D eigenvalue weighted by Gasteiger charge is 2.21. The molecule has 5 nitrogen and oxygen atoms in total. The summed E-state index contributed by atoms with van der Waals surface area (Å²) in [5.74, 6) is -0.641. The van der Waals surface area contributed by atoms with E-state index >= 15 is 0 Å². The van der Waals surface area contributed by atoms with E-state index in [4.69, 9.17) is 0 Å². The van der Waals surface area contributed by atoms with E-state index in [1.54, 1.807) is 0 Å². The Bertz CT molecular complexity index is 541. The summed E-state index contributed by atoms with van der Waals surface area (Å²) in [7, 11) is 0. The predicted octanol–water partition coefficient (Wildman–Crippen LogP) is 2.96. The number of hydrogen-bond donors (Lipinski definition) is 1. The van der Waals surface area contributed by atoms with Crippen LogP contribution in [0.5, 0.6) is 0 Å². The van der Waals surface area contributed by atoms with Gasteiger partial charge >= 0.3 is 0 Å². The van der Waals surface area contributed by atoms with Crippen molar-refractivity contribution in [3.8, 4) is 0 Å². The third-order valence-corrected chi connectivity index (χ3v) is 3.76. The van der Waals surface area contributed by atoms with Crippen LogP contribution < -0.4 is 5.32 Å². The summed E-state index contributed by atoms with van der Waals surface area (Å²) in [5.41, 5.74) is -0.429. The summed E-state index contributed by atoms with van der Waals surface area (Å²) < 4.78 is 13.9. The third-order valence-electron chi connectivity index (χ3n) is 3.76. The Morgan fingerprint density at radius 2 is 2.20 bits per heavy atom. The van der Waals surface area contributed by atoms with Crippen molar-refractivity contribution in [1.82, 2.24) is 5.32 Å². The summed E-state index contributed by atoms with van der Waals surface area (Å²) >= 11 is 0. The van der Waals surface area contributed by atoms with Gasteiger partial charge in [0.05, 0.1) is 10.5 Å². The largest absolute Gasteiger partial charge is 0.352 e. The van der Waals surface area contributed by atoms with Gasteiger partial charge in [0, 0.05) is 18.7 Å². The maximum absolute atomic E-state index is 13.9. The molecule has 0 saturated heterocycles. The van der Waals surface area contributed by atoms with Gasteiger partial charge in [-0.3, -0.25) is 14.9 Å². The molecule has 1 aromatic carbocycles. The van der Waals surface area contributed by atoms with Gasteiger partial charge in [0.15, 0.2) is 0 Å². The number of carbonyl (C=O) groups is 1. The molecular formula is C14H17FN2O3. The van der Waals surface area contributed by atoms with Gasteiger partial charge in [0.25, 0.3) is 11.6 Å². The second-order valence-electron chi connectivity index (χ2n) is 5.22. The topological polar surface area (TPSA) is 72.2 Å². The summed E-state index contributed by atoms with van der Waals surface area (Å²) in [6, 6.07) is 2.11. The molecule has 20 heavy (non-hydrogen) atoms.